The number of benzene rings is 1. The molecule has 3 rings (SSSR count). The Kier molecular flexibility index (Phi) is 4.06. The van der Waals surface area contributed by atoms with Gasteiger partial charge in [0, 0.05) is 12.5 Å². The summed E-state index contributed by atoms with van der Waals surface area (Å²) in [6, 6.07) is 13.2. The summed E-state index contributed by atoms with van der Waals surface area (Å²) in [4.78, 5) is 12.2. The number of hydrogen-bond acceptors (Lipinski definition) is 3. The highest BCUT2D eigenvalue weighted by atomic mass is 16.3. The molecule has 2 aromatic rings. The standard InChI is InChI=1S/C17H20N2O2/c18-14(12-8-9-12)11-16(20)19-17(15-7-4-10-21-15)13-5-2-1-3-6-13/h1-7,10,12,14,17H,8-9,11,18H2,(H,19,20). The summed E-state index contributed by atoms with van der Waals surface area (Å²) in [5, 5.41) is 3.04. The van der Waals surface area contributed by atoms with Crippen molar-refractivity contribution in [1.82, 2.24) is 5.32 Å². The van der Waals surface area contributed by atoms with Crippen molar-refractivity contribution in [3.8, 4) is 0 Å². The molecule has 4 heteroatoms. The Bertz CT molecular complexity index is 576. The Labute approximate surface area is 124 Å². The van der Waals surface area contributed by atoms with E-state index in [0.29, 0.717) is 12.3 Å². The van der Waals surface area contributed by atoms with E-state index in [2.05, 4.69) is 5.32 Å². The zero-order valence-corrected chi connectivity index (χ0v) is 11.9. The summed E-state index contributed by atoms with van der Waals surface area (Å²) >= 11 is 0. The molecule has 1 aliphatic rings. The summed E-state index contributed by atoms with van der Waals surface area (Å²) in [6.45, 7) is 0. The van der Waals surface area contributed by atoms with E-state index in [1.54, 1.807) is 6.26 Å². The minimum Gasteiger partial charge on any atom is -0.467 e. The minimum absolute atomic E-state index is 0.0281. The summed E-state index contributed by atoms with van der Waals surface area (Å²) in [7, 11) is 0. The Morgan fingerprint density at radius 2 is 2.00 bits per heavy atom. The molecule has 1 amide bonds. The molecule has 0 bridgehead atoms. The highest BCUT2D eigenvalue weighted by Crippen LogP contribution is 2.33. The topological polar surface area (TPSA) is 68.3 Å². The fraction of sp³-hybridized carbons (Fsp3) is 0.353. The number of nitrogens with one attached hydrogen (secondary N) is 1. The third kappa shape index (κ3) is 3.52. The molecule has 1 aromatic carbocycles. The first-order valence-corrected chi connectivity index (χ1v) is 7.37. The van der Waals surface area contributed by atoms with Gasteiger partial charge in [-0.2, -0.15) is 0 Å². The van der Waals surface area contributed by atoms with Crippen LogP contribution in [0, 0.1) is 5.92 Å². The number of carbonyl (C=O) groups is 1. The molecule has 1 heterocycles. The zero-order chi connectivity index (χ0) is 14.7. The molecule has 2 unspecified atom stereocenters. The van der Waals surface area contributed by atoms with E-state index < -0.39 is 0 Å². The first kappa shape index (κ1) is 13.9. The SMILES string of the molecule is NC(CC(=O)NC(c1ccccc1)c1ccco1)C1CC1. The second kappa shape index (κ2) is 6.14. The van der Waals surface area contributed by atoms with E-state index in [-0.39, 0.29) is 18.0 Å². The van der Waals surface area contributed by atoms with Gasteiger partial charge in [-0.3, -0.25) is 4.79 Å². The van der Waals surface area contributed by atoms with E-state index in [9.17, 15) is 4.79 Å². The van der Waals surface area contributed by atoms with E-state index >= 15 is 0 Å². The molecule has 2 atom stereocenters. The number of rotatable bonds is 6. The zero-order valence-electron chi connectivity index (χ0n) is 11.9. The van der Waals surface area contributed by atoms with Crippen molar-refractivity contribution in [2.24, 2.45) is 11.7 Å². The molecule has 0 radical (unpaired) electrons. The van der Waals surface area contributed by atoms with Gasteiger partial charge >= 0.3 is 0 Å². The third-order valence-electron chi connectivity index (χ3n) is 3.91. The Morgan fingerprint density at radius 3 is 2.62 bits per heavy atom. The summed E-state index contributed by atoms with van der Waals surface area (Å²) in [5.74, 6) is 1.23. The Hall–Kier alpha value is -2.07. The number of carbonyl (C=O) groups excluding carboxylic acids is 1. The summed E-state index contributed by atoms with van der Waals surface area (Å²) < 4.78 is 5.47. The van der Waals surface area contributed by atoms with E-state index in [4.69, 9.17) is 10.2 Å². The van der Waals surface area contributed by atoms with Crippen LogP contribution in [0.5, 0.6) is 0 Å². The number of nitrogens with two attached hydrogens (primary N) is 1. The first-order chi connectivity index (χ1) is 10.2. The highest BCUT2D eigenvalue weighted by molar-refractivity contribution is 5.77. The van der Waals surface area contributed by atoms with Gasteiger partial charge < -0.3 is 15.5 Å². The molecule has 110 valence electrons. The van der Waals surface area contributed by atoms with Gasteiger partial charge in [0.05, 0.1) is 6.26 Å². The average molecular weight is 284 g/mol. The average Bonchev–Trinajstić information content (AvgIpc) is 3.22. The molecule has 3 N–H and O–H groups in total. The maximum Gasteiger partial charge on any atom is 0.222 e. The molecule has 0 aliphatic heterocycles. The highest BCUT2D eigenvalue weighted by Gasteiger charge is 2.30. The molecule has 21 heavy (non-hydrogen) atoms. The van der Waals surface area contributed by atoms with E-state index in [1.165, 1.54) is 0 Å². The van der Waals surface area contributed by atoms with Crippen molar-refractivity contribution in [2.45, 2.75) is 31.3 Å². The quantitative estimate of drug-likeness (QED) is 0.856. The van der Waals surface area contributed by atoms with Crippen molar-refractivity contribution in [3.05, 3.63) is 60.1 Å². The van der Waals surface area contributed by atoms with Crippen LogP contribution in [0.25, 0.3) is 0 Å². The van der Waals surface area contributed by atoms with Gasteiger partial charge in [-0.05, 0) is 36.5 Å². The molecule has 1 aromatic heterocycles. The smallest absolute Gasteiger partial charge is 0.222 e. The maximum atomic E-state index is 12.2. The number of amides is 1. The van der Waals surface area contributed by atoms with Crippen molar-refractivity contribution in [2.75, 3.05) is 0 Å². The lowest BCUT2D eigenvalue weighted by Gasteiger charge is -2.18. The van der Waals surface area contributed by atoms with Crippen LogP contribution in [0.4, 0.5) is 0 Å². The lowest BCUT2D eigenvalue weighted by molar-refractivity contribution is -0.122. The van der Waals surface area contributed by atoms with Crippen molar-refractivity contribution < 1.29 is 9.21 Å². The lowest BCUT2D eigenvalue weighted by atomic mass is 10.0. The molecule has 0 spiro atoms. The van der Waals surface area contributed by atoms with Gasteiger partial charge in [0.25, 0.3) is 0 Å². The van der Waals surface area contributed by atoms with Crippen LogP contribution in [0.15, 0.2) is 53.1 Å². The van der Waals surface area contributed by atoms with Crippen LogP contribution in [-0.2, 0) is 4.79 Å². The fourth-order valence-electron chi connectivity index (χ4n) is 2.54. The van der Waals surface area contributed by atoms with Crippen molar-refractivity contribution >= 4 is 5.91 Å². The van der Waals surface area contributed by atoms with E-state index in [1.807, 2.05) is 42.5 Å². The number of furan rings is 1. The van der Waals surface area contributed by atoms with Crippen LogP contribution in [0.1, 0.15) is 36.6 Å². The lowest BCUT2D eigenvalue weighted by Crippen LogP contribution is -2.35. The molecule has 4 nitrogen and oxygen atoms in total. The van der Waals surface area contributed by atoms with Crippen LogP contribution >= 0.6 is 0 Å². The second-order valence-corrected chi connectivity index (χ2v) is 5.63. The molecule has 1 saturated carbocycles. The van der Waals surface area contributed by atoms with Crippen molar-refractivity contribution in [3.63, 3.8) is 0 Å². The predicted octanol–water partition coefficient (Wildman–Crippen LogP) is 2.61. The molecular weight excluding hydrogens is 264 g/mol. The normalized spacial score (nSPS) is 17.2. The van der Waals surface area contributed by atoms with Crippen LogP contribution in [0.3, 0.4) is 0 Å². The maximum absolute atomic E-state index is 12.2. The molecule has 1 fully saturated rings. The van der Waals surface area contributed by atoms with Crippen LogP contribution < -0.4 is 11.1 Å². The first-order valence-electron chi connectivity index (χ1n) is 7.37. The van der Waals surface area contributed by atoms with Gasteiger partial charge in [-0.1, -0.05) is 30.3 Å². The third-order valence-corrected chi connectivity index (χ3v) is 3.91. The molecular formula is C17H20N2O2. The van der Waals surface area contributed by atoms with Crippen molar-refractivity contribution in [1.29, 1.82) is 0 Å². The Balaban J connectivity index is 1.72. The van der Waals surface area contributed by atoms with Crippen LogP contribution in [0.2, 0.25) is 0 Å². The largest absolute Gasteiger partial charge is 0.467 e. The van der Waals surface area contributed by atoms with Gasteiger partial charge in [0.1, 0.15) is 11.8 Å². The van der Waals surface area contributed by atoms with Gasteiger partial charge in [0.15, 0.2) is 0 Å². The van der Waals surface area contributed by atoms with Crippen LogP contribution in [-0.4, -0.2) is 11.9 Å². The molecule has 1 aliphatic carbocycles. The van der Waals surface area contributed by atoms with Gasteiger partial charge in [-0.25, -0.2) is 0 Å². The monoisotopic (exact) mass is 284 g/mol. The summed E-state index contributed by atoms with van der Waals surface area (Å²) in [5.41, 5.74) is 7.03. The van der Waals surface area contributed by atoms with Gasteiger partial charge in [-0.15, -0.1) is 0 Å². The second-order valence-electron chi connectivity index (χ2n) is 5.63. The predicted molar refractivity (Wildman–Crippen MR) is 80.5 cm³/mol. The number of hydrogen-bond donors (Lipinski definition) is 2. The van der Waals surface area contributed by atoms with E-state index in [0.717, 1.165) is 24.2 Å². The Morgan fingerprint density at radius 1 is 1.24 bits per heavy atom. The molecule has 0 saturated heterocycles. The van der Waals surface area contributed by atoms with Gasteiger partial charge in [0.2, 0.25) is 5.91 Å². The minimum atomic E-state index is -0.264. The summed E-state index contributed by atoms with van der Waals surface area (Å²) in [6.07, 6.45) is 4.28. The fourth-order valence-corrected chi connectivity index (χ4v) is 2.54.